The molecule has 0 spiro atoms. The van der Waals surface area contributed by atoms with Gasteiger partial charge in [0.2, 0.25) is 0 Å². The number of oxime groups is 1. The molecule has 0 saturated carbocycles. The first-order valence-corrected chi connectivity index (χ1v) is 8.68. The Labute approximate surface area is 150 Å². The number of nitrogens with zero attached hydrogens (tertiary/aromatic N) is 1. The maximum Gasteiger partial charge on any atom is 0.266 e. The first-order valence-electron chi connectivity index (χ1n) is 7.80. The number of rotatable bonds is 5. The first kappa shape index (κ1) is 16.9. The lowest BCUT2D eigenvalue weighted by Gasteiger charge is -2.11. The highest BCUT2D eigenvalue weighted by molar-refractivity contribution is 7.12. The van der Waals surface area contributed by atoms with Gasteiger partial charge in [0, 0.05) is 11.3 Å². The van der Waals surface area contributed by atoms with Crippen molar-refractivity contribution >= 4 is 29.1 Å². The van der Waals surface area contributed by atoms with Crippen LogP contribution >= 0.6 is 11.3 Å². The minimum atomic E-state index is -0.0861. The second-order valence-electron chi connectivity index (χ2n) is 5.47. The summed E-state index contributed by atoms with van der Waals surface area (Å²) in [5.74, 6) is -0.0861. The Bertz CT molecular complexity index is 915. The van der Waals surface area contributed by atoms with Gasteiger partial charge in [-0.05, 0) is 47.2 Å². The number of anilines is 1. The molecule has 0 fully saturated rings. The molecule has 1 N–H and O–H groups in total. The summed E-state index contributed by atoms with van der Waals surface area (Å²) in [6.07, 6.45) is 1.65. The fraction of sp³-hybridized carbons (Fsp3) is 0.100. The van der Waals surface area contributed by atoms with Crippen molar-refractivity contribution in [3.05, 3.63) is 76.0 Å². The highest BCUT2D eigenvalue weighted by Crippen LogP contribution is 2.29. The van der Waals surface area contributed by atoms with E-state index in [1.807, 2.05) is 66.9 Å². The lowest BCUT2D eigenvalue weighted by molar-refractivity contribution is 0.103. The Balaban J connectivity index is 1.93. The molecule has 1 aromatic heterocycles. The summed E-state index contributed by atoms with van der Waals surface area (Å²) >= 11 is 1.45. The van der Waals surface area contributed by atoms with Crippen molar-refractivity contribution in [1.82, 2.24) is 0 Å². The smallest absolute Gasteiger partial charge is 0.266 e. The molecule has 5 heteroatoms. The minimum absolute atomic E-state index is 0.0861. The Morgan fingerprint density at radius 2 is 2.00 bits per heavy atom. The quantitative estimate of drug-likeness (QED) is 0.522. The van der Waals surface area contributed by atoms with Gasteiger partial charge in [0.15, 0.2) is 0 Å². The number of carbonyl (C=O) groups excluding carboxylic acids is 1. The molecule has 0 radical (unpaired) electrons. The number of carbonyl (C=O) groups is 1. The van der Waals surface area contributed by atoms with Crippen LogP contribution in [0, 0.1) is 6.92 Å². The van der Waals surface area contributed by atoms with Gasteiger partial charge in [-0.25, -0.2) is 0 Å². The van der Waals surface area contributed by atoms with Gasteiger partial charge in [-0.15, -0.1) is 11.3 Å². The Hall–Kier alpha value is -2.92. The van der Waals surface area contributed by atoms with Crippen LogP contribution in [0.5, 0.6) is 0 Å². The standard InChI is InChI=1S/C20H18N2O2S/c1-14-10-11-25-19(14)20(23)22-18-9-4-3-8-17(18)16-7-5-6-15(12-16)13-21-24-2/h3-13H,1-2H3,(H,22,23)/b21-13+. The molecule has 1 heterocycles. The number of hydrogen-bond donors (Lipinski definition) is 1. The van der Waals surface area contributed by atoms with Gasteiger partial charge in [-0.1, -0.05) is 41.6 Å². The van der Waals surface area contributed by atoms with Gasteiger partial charge < -0.3 is 10.2 Å². The van der Waals surface area contributed by atoms with Crippen LogP contribution in [0.25, 0.3) is 11.1 Å². The Morgan fingerprint density at radius 3 is 2.76 bits per heavy atom. The number of nitrogens with one attached hydrogen (secondary N) is 1. The van der Waals surface area contributed by atoms with Crippen LogP contribution in [0.4, 0.5) is 5.69 Å². The summed E-state index contributed by atoms with van der Waals surface area (Å²) < 4.78 is 0. The van der Waals surface area contributed by atoms with E-state index in [0.717, 1.165) is 32.8 Å². The fourth-order valence-corrected chi connectivity index (χ4v) is 3.35. The lowest BCUT2D eigenvalue weighted by Crippen LogP contribution is -2.12. The molecule has 0 saturated heterocycles. The second kappa shape index (κ2) is 7.77. The molecular formula is C20H18N2O2S. The number of aryl methyl sites for hydroxylation is 1. The van der Waals surface area contributed by atoms with Crippen LogP contribution in [0.1, 0.15) is 20.8 Å². The summed E-state index contributed by atoms with van der Waals surface area (Å²) in [4.78, 5) is 18.0. The molecule has 0 unspecified atom stereocenters. The van der Waals surface area contributed by atoms with Crippen LogP contribution in [0.15, 0.2) is 65.1 Å². The van der Waals surface area contributed by atoms with Crippen molar-refractivity contribution in [2.75, 3.05) is 12.4 Å². The molecule has 0 bridgehead atoms. The van der Waals surface area contributed by atoms with E-state index in [9.17, 15) is 4.79 Å². The zero-order valence-electron chi connectivity index (χ0n) is 14.0. The van der Waals surface area contributed by atoms with Gasteiger partial charge in [-0.2, -0.15) is 0 Å². The topological polar surface area (TPSA) is 50.7 Å². The number of amides is 1. The maximum atomic E-state index is 12.5. The molecule has 0 aliphatic rings. The molecule has 126 valence electrons. The van der Waals surface area contributed by atoms with E-state index < -0.39 is 0 Å². The third kappa shape index (κ3) is 3.95. The van der Waals surface area contributed by atoms with Gasteiger partial charge in [-0.3, -0.25) is 4.79 Å². The molecule has 2 aromatic carbocycles. The molecule has 0 atom stereocenters. The fourth-order valence-electron chi connectivity index (χ4n) is 2.53. The van der Waals surface area contributed by atoms with Crippen LogP contribution in [-0.4, -0.2) is 19.2 Å². The van der Waals surface area contributed by atoms with E-state index in [1.165, 1.54) is 18.4 Å². The van der Waals surface area contributed by atoms with Gasteiger partial charge >= 0.3 is 0 Å². The van der Waals surface area contributed by atoms with Gasteiger partial charge in [0.1, 0.15) is 7.11 Å². The van der Waals surface area contributed by atoms with Crippen molar-refractivity contribution in [1.29, 1.82) is 0 Å². The van der Waals surface area contributed by atoms with Crippen LogP contribution in [-0.2, 0) is 4.84 Å². The highest BCUT2D eigenvalue weighted by Gasteiger charge is 2.13. The van der Waals surface area contributed by atoms with Crippen molar-refractivity contribution in [2.45, 2.75) is 6.92 Å². The number of hydrogen-bond acceptors (Lipinski definition) is 4. The summed E-state index contributed by atoms with van der Waals surface area (Å²) in [6, 6.07) is 17.6. The summed E-state index contributed by atoms with van der Waals surface area (Å²) in [6.45, 7) is 1.94. The van der Waals surface area contributed by atoms with E-state index in [2.05, 4.69) is 10.5 Å². The van der Waals surface area contributed by atoms with Crippen molar-refractivity contribution in [2.24, 2.45) is 5.16 Å². The first-order chi connectivity index (χ1) is 12.2. The summed E-state index contributed by atoms with van der Waals surface area (Å²) in [5, 5.41) is 8.75. The van der Waals surface area contributed by atoms with E-state index >= 15 is 0 Å². The Kier molecular flexibility index (Phi) is 5.26. The average Bonchev–Trinajstić information content (AvgIpc) is 3.07. The van der Waals surface area contributed by atoms with Crippen LogP contribution in [0.2, 0.25) is 0 Å². The Morgan fingerprint density at radius 1 is 1.16 bits per heavy atom. The van der Waals surface area contributed by atoms with Gasteiger partial charge in [0.25, 0.3) is 5.91 Å². The van der Waals surface area contributed by atoms with E-state index in [-0.39, 0.29) is 5.91 Å². The normalized spacial score (nSPS) is 10.8. The zero-order valence-corrected chi connectivity index (χ0v) is 14.8. The zero-order chi connectivity index (χ0) is 17.6. The van der Waals surface area contributed by atoms with Crippen molar-refractivity contribution < 1.29 is 9.63 Å². The van der Waals surface area contributed by atoms with Crippen molar-refractivity contribution in [3.63, 3.8) is 0 Å². The van der Waals surface area contributed by atoms with E-state index in [0.29, 0.717) is 0 Å². The third-order valence-corrected chi connectivity index (χ3v) is 4.76. The SMILES string of the molecule is CO/N=C/c1cccc(-c2ccccc2NC(=O)c2sccc2C)c1. The van der Waals surface area contributed by atoms with E-state index in [1.54, 1.807) is 6.21 Å². The molecule has 1 amide bonds. The second-order valence-corrected chi connectivity index (χ2v) is 6.39. The largest absolute Gasteiger partial charge is 0.399 e. The molecule has 0 aliphatic carbocycles. The summed E-state index contributed by atoms with van der Waals surface area (Å²) in [5.41, 5.74) is 4.64. The van der Waals surface area contributed by atoms with E-state index in [4.69, 9.17) is 4.84 Å². The average molecular weight is 350 g/mol. The predicted octanol–water partition coefficient (Wildman–Crippen LogP) is 4.96. The molecule has 25 heavy (non-hydrogen) atoms. The lowest BCUT2D eigenvalue weighted by atomic mass is 10.0. The highest BCUT2D eigenvalue weighted by atomic mass is 32.1. The molecule has 3 rings (SSSR count). The number of benzene rings is 2. The molecule has 4 nitrogen and oxygen atoms in total. The number of para-hydroxylation sites is 1. The number of thiophene rings is 1. The molecular weight excluding hydrogens is 332 g/mol. The maximum absolute atomic E-state index is 12.5. The van der Waals surface area contributed by atoms with Crippen LogP contribution < -0.4 is 5.32 Å². The molecule has 0 aliphatic heterocycles. The monoisotopic (exact) mass is 350 g/mol. The predicted molar refractivity (Wildman–Crippen MR) is 103 cm³/mol. The molecule has 3 aromatic rings. The minimum Gasteiger partial charge on any atom is -0.399 e. The summed E-state index contributed by atoms with van der Waals surface area (Å²) in [7, 11) is 1.51. The van der Waals surface area contributed by atoms with Crippen molar-refractivity contribution in [3.8, 4) is 11.1 Å². The van der Waals surface area contributed by atoms with Gasteiger partial charge in [0.05, 0.1) is 11.1 Å². The van der Waals surface area contributed by atoms with Crippen LogP contribution in [0.3, 0.4) is 0 Å². The third-order valence-electron chi connectivity index (χ3n) is 3.75.